The normalized spacial score (nSPS) is 16.8. The van der Waals surface area contributed by atoms with E-state index < -0.39 is 0 Å². The highest BCUT2D eigenvalue weighted by Crippen LogP contribution is 2.31. The van der Waals surface area contributed by atoms with E-state index in [4.69, 9.17) is 9.47 Å². The van der Waals surface area contributed by atoms with Crippen molar-refractivity contribution >= 4 is 0 Å². The SMILES string of the molecule is COc1ccc(C(C)NCCC2CCC2)cc1OC. The van der Waals surface area contributed by atoms with Gasteiger partial charge in [0.1, 0.15) is 0 Å². The summed E-state index contributed by atoms with van der Waals surface area (Å²) in [5.41, 5.74) is 1.24. The van der Waals surface area contributed by atoms with Crippen LogP contribution >= 0.6 is 0 Å². The molecule has 0 amide bonds. The van der Waals surface area contributed by atoms with E-state index in [1.165, 1.54) is 31.2 Å². The molecule has 0 aliphatic heterocycles. The molecular formula is C16H25NO2. The molecule has 1 aromatic rings. The number of hydrogen-bond donors (Lipinski definition) is 1. The molecule has 0 saturated heterocycles. The van der Waals surface area contributed by atoms with E-state index in [1.807, 2.05) is 6.07 Å². The molecule has 0 bridgehead atoms. The van der Waals surface area contributed by atoms with Crippen LogP contribution in [0.1, 0.15) is 44.2 Å². The van der Waals surface area contributed by atoms with Crippen LogP contribution in [0.15, 0.2) is 18.2 Å². The first kappa shape index (κ1) is 14.2. The molecule has 1 aliphatic rings. The van der Waals surface area contributed by atoms with Gasteiger partial charge in [0.15, 0.2) is 11.5 Å². The number of ether oxygens (including phenoxy) is 2. The zero-order valence-corrected chi connectivity index (χ0v) is 12.2. The Morgan fingerprint density at radius 3 is 2.53 bits per heavy atom. The van der Waals surface area contributed by atoms with Crippen molar-refractivity contribution in [3.05, 3.63) is 23.8 Å². The molecule has 1 aromatic carbocycles. The lowest BCUT2D eigenvalue weighted by Gasteiger charge is -2.26. The molecule has 19 heavy (non-hydrogen) atoms. The predicted molar refractivity (Wildman–Crippen MR) is 77.9 cm³/mol. The molecule has 1 atom stereocenters. The van der Waals surface area contributed by atoms with Gasteiger partial charge in [0.25, 0.3) is 0 Å². The van der Waals surface area contributed by atoms with Crippen LogP contribution in [0.5, 0.6) is 11.5 Å². The van der Waals surface area contributed by atoms with E-state index in [9.17, 15) is 0 Å². The standard InChI is InChI=1S/C16H25NO2/c1-12(17-10-9-13-5-4-6-13)14-7-8-15(18-2)16(11-14)19-3/h7-8,11-13,17H,4-6,9-10H2,1-3H3. The predicted octanol–water partition coefficient (Wildman–Crippen LogP) is 3.54. The monoisotopic (exact) mass is 263 g/mol. The zero-order valence-electron chi connectivity index (χ0n) is 12.2. The number of hydrogen-bond acceptors (Lipinski definition) is 3. The largest absolute Gasteiger partial charge is 0.493 e. The van der Waals surface area contributed by atoms with Gasteiger partial charge in [-0.15, -0.1) is 0 Å². The van der Waals surface area contributed by atoms with Gasteiger partial charge in [-0.2, -0.15) is 0 Å². The molecule has 1 unspecified atom stereocenters. The Kier molecular flexibility index (Phi) is 5.08. The van der Waals surface area contributed by atoms with Crippen LogP contribution in [0, 0.1) is 5.92 Å². The molecule has 0 spiro atoms. The number of rotatable bonds is 7. The van der Waals surface area contributed by atoms with Crippen LogP contribution < -0.4 is 14.8 Å². The second-order valence-electron chi connectivity index (χ2n) is 5.38. The first-order chi connectivity index (χ1) is 9.24. The molecule has 3 nitrogen and oxygen atoms in total. The quantitative estimate of drug-likeness (QED) is 0.816. The van der Waals surface area contributed by atoms with Crippen LogP contribution in [0.3, 0.4) is 0 Å². The molecule has 0 aromatic heterocycles. The second-order valence-corrected chi connectivity index (χ2v) is 5.38. The maximum absolute atomic E-state index is 5.34. The van der Waals surface area contributed by atoms with Gasteiger partial charge in [0.2, 0.25) is 0 Å². The number of methoxy groups -OCH3 is 2. The molecule has 0 heterocycles. The van der Waals surface area contributed by atoms with E-state index in [0.29, 0.717) is 6.04 Å². The topological polar surface area (TPSA) is 30.5 Å². The first-order valence-corrected chi connectivity index (χ1v) is 7.20. The zero-order chi connectivity index (χ0) is 13.7. The molecule has 0 radical (unpaired) electrons. The lowest BCUT2D eigenvalue weighted by Crippen LogP contribution is -2.24. The minimum absolute atomic E-state index is 0.347. The molecule has 2 rings (SSSR count). The highest BCUT2D eigenvalue weighted by molar-refractivity contribution is 5.43. The van der Waals surface area contributed by atoms with Crippen molar-refractivity contribution in [2.75, 3.05) is 20.8 Å². The number of nitrogens with one attached hydrogen (secondary N) is 1. The lowest BCUT2D eigenvalue weighted by molar-refractivity contribution is 0.288. The minimum Gasteiger partial charge on any atom is -0.493 e. The maximum Gasteiger partial charge on any atom is 0.161 e. The summed E-state index contributed by atoms with van der Waals surface area (Å²) >= 11 is 0. The Morgan fingerprint density at radius 2 is 1.95 bits per heavy atom. The summed E-state index contributed by atoms with van der Waals surface area (Å²) in [7, 11) is 3.34. The Morgan fingerprint density at radius 1 is 1.21 bits per heavy atom. The molecule has 106 valence electrons. The van der Waals surface area contributed by atoms with E-state index in [0.717, 1.165) is 24.0 Å². The third kappa shape index (κ3) is 3.63. The molecule has 1 saturated carbocycles. The Balaban J connectivity index is 1.88. The fourth-order valence-electron chi connectivity index (χ4n) is 2.53. The summed E-state index contributed by atoms with van der Waals surface area (Å²) in [6, 6.07) is 6.47. The Hall–Kier alpha value is -1.22. The van der Waals surface area contributed by atoms with Gasteiger partial charge in [-0.25, -0.2) is 0 Å². The summed E-state index contributed by atoms with van der Waals surface area (Å²) in [6.07, 6.45) is 5.58. The van der Waals surface area contributed by atoms with Crippen LogP contribution in [-0.2, 0) is 0 Å². The van der Waals surface area contributed by atoms with Crippen molar-refractivity contribution in [1.82, 2.24) is 5.32 Å². The van der Waals surface area contributed by atoms with Crippen molar-refractivity contribution in [2.24, 2.45) is 5.92 Å². The van der Waals surface area contributed by atoms with Gasteiger partial charge in [-0.3, -0.25) is 0 Å². The molecule has 1 fully saturated rings. The highest BCUT2D eigenvalue weighted by atomic mass is 16.5. The average Bonchev–Trinajstić information content (AvgIpc) is 2.40. The number of benzene rings is 1. The summed E-state index contributed by atoms with van der Waals surface area (Å²) in [4.78, 5) is 0. The van der Waals surface area contributed by atoms with Crippen molar-refractivity contribution in [3.63, 3.8) is 0 Å². The van der Waals surface area contributed by atoms with Crippen LogP contribution in [0.4, 0.5) is 0 Å². The van der Waals surface area contributed by atoms with Gasteiger partial charge in [-0.05, 0) is 43.5 Å². The van der Waals surface area contributed by atoms with Crippen molar-refractivity contribution in [3.8, 4) is 11.5 Å². The van der Waals surface area contributed by atoms with Gasteiger partial charge in [0, 0.05) is 6.04 Å². The summed E-state index contributed by atoms with van der Waals surface area (Å²) in [5.74, 6) is 2.55. The van der Waals surface area contributed by atoms with Gasteiger partial charge in [-0.1, -0.05) is 25.3 Å². The first-order valence-electron chi connectivity index (χ1n) is 7.20. The van der Waals surface area contributed by atoms with Crippen LogP contribution in [0.2, 0.25) is 0 Å². The van der Waals surface area contributed by atoms with Gasteiger partial charge < -0.3 is 14.8 Å². The van der Waals surface area contributed by atoms with E-state index in [-0.39, 0.29) is 0 Å². The van der Waals surface area contributed by atoms with E-state index in [1.54, 1.807) is 14.2 Å². The molecule has 1 aliphatic carbocycles. The molecule has 1 N–H and O–H groups in total. The summed E-state index contributed by atoms with van der Waals surface area (Å²) < 4.78 is 10.6. The smallest absolute Gasteiger partial charge is 0.161 e. The fraction of sp³-hybridized carbons (Fsp3) is 0.625. The highest BCUT2D eigenvalue weighted by Gasteiger charge is 2.17. The second kappa shape index (κ2) is 6.80. The lowest BCUT2D eigenvalue weighted by atomic mass is 9.83. The average molecular weight is 263 g/mol. The summed E-state index contributed by atoms with van der Waals surface area (Å²) in [5, 5.41) is 3.59. The Labute approximate surface area is 116 Å². The van der Waals surface area contributed by atoms with Crippen LogP contribution in [0.25, 0.3) is 0 Å². The third-order valence-corrected chi connectivity index (χ3v) is 4.14. The van der Waals surface area contributed by atoms with Gasteiger partial charge >= 0.3 is 0 Å². The van der Waals surface area contributed by atoms with E-state index >= 15 is 0 Å². The summed E-state index contributed by atoms with van der Waals surface area (Å²) in [6.45, 7) is 3.29. The minimum atomic E-state index is 0.347. The van der Waals surface area contributed by atoms with Crippen LogP contribution in [-0.4, -0.2) is 20.8 Å². The fourth-order valence-corrected chi connectivity index (χ4v) is 2.53. The van der Waals surface area contributed by atoms with Crippen molar-refractivity contribution in [2.45, 2.75) is 38.6 Å². The van der Waals surface area contributed by atoms with Gasteiger partial charge in [0.05, 0.1) is 14.2 Å². The van der Waals surface area contributed by atoms with Crippen molar-refractivity contribution < 1.29 is 9.47 Å². The third-order valence-electron chi connectivity index (χ3n) is 4.14. The maximum atomic E-state index is 5.34. The van der Waals surface area contributed by atoms with E-state index in [2.05, 4.69) is 24.4 Å². The Bertz CT molecular complexity index is 402. The molecular weight excluding hydrogens is 238 g/mol. The molecule has 3 heteroatoms. The van der Waals surface area contributed by atoms with Crippen molar-refractivity contribution in [1.29, 1.82) is 0 Å².